The third-order valence-electron chi connectivity index (χ3n) is 6.65. The Labute approximate surface area is 192 Å². The lowest BCUT2D eigenvalue weighted by molar-refractivity contribution is -0.186. The van der Waals surface area contributed by atoms with E-state index in [-0.39, 0.29) is 32.1 Å². The number of carbonyl (C=O) groups excluding carboxylic acids is 3. The zero-order chi connectivity index (χ0) is 23.6. The third kappa shape index (κ3) is 3.74. The Morgan fingerprint density at radius 1 is 1.06 bits per heavy atom. The van der Waals surface area contributed by atoms with Crippen LogP contribution in [-0.4, -0.2) is 54.7 Å². The predicted molar refractivity (Wildman–Crippen MR) is 117 cm³/mol. The summed E-state index contributed by atoms with van der Waals surface area (Å²) in [5.41, 5.74) is -1.36. The fourth-order valence-electron chi connectivity index (χ4n) is 4.83. The summed E-state index contributed by atoms with van der Waals surface area (Å²) >= 11 is 0. The van der Waals surface area contributed by atoms with Crippen LogP contribution in [0, 0.1) is 5.92 Å². The Morgan fingerprint density at radius 2 is 1.76 bits per heavy atom. The van der Waals surface area contributed by atoms with Crippen molar-refractivity contribution < 1.29 is 33.3 Å². The van der Waals surface area contributed by atoms with Crippen LogP contribution < -0.4 is 4.74 Å². The molecule has 174 valence electrons. The summed E-state index contributed by atoms with van der Waals surface area (Å²) in [6, 6.07) is 16.7. The lowest BCUT2D eigenvalue weighted by atomic mass is 9.76. The molecule has 0 unspecified atom stereocenters. The van der Waals surface area contributed by atoms with Gasteiger partial charge in [0.2, 0.25) is 11.4 Å². The van der Waals surface area contributed by atoms with Gasteiger partial charge in [0.15, 0.2) is 5.60 Å². The number of hydrogen-bond donors (Lipinski definition) is 0. The van der Waals surface area contributed by atoms with Gasteiger partial charge in [-0.05, 0) is 30.2 Å². The van der Waals surface area contributed by atoms with Gasteiger partial charge in [0.1, 0.15) is 5.75 Å². The van der Waals surface area contributed by atoms with Gasteiger partial charge in [0.05, 0.1) is 39.8 Å². The second-order valence-electron chi connectivity index (χ2n) is 8.44. The standard InChI is InChI=1S/C25H27NO7/c1-24-20(13-21(27)33-24)22(28)26(14-17-9-11-19(30-2)12-10-17)25(24,23(29)31-3)16-32-15-18-7-5-4-6-8-18/h4-12,20H,13-16H2,1-3H3/t20-,24-,25+/m1/s1. The van der Waals surface area contributed by atoms with E-state index in [0.29, 0.717) is 5.75 Å². The van der Waals surface area contributed by atoms with Crippen LogP contribution >= 0.6 is 0 Å². The van der Waals surface area contributed by atoms with Gasteiger partial charge in [0, 0.05) is 6.54 Å². The SMILES string of the molecule is COC(=O)[C@]1(COCc2ccccc2)N(Cc2ccc(OC)cc2)C(=O)[C@H]2CC(=O)O[C@]21C. The molecule has 0 spiro atoms. The summed E-state index contributed by atoms with van der Waals surface area (Å²) in [6.45, 7) is 1.78. The van der Waals surface area contributed by atoms with E-state index in [4.69, 9.17) is 18.9 Å². The average molecular weight is 453 g/mol. The van der Waals surface area contributed by atoms with Gasteiger partial charge >= 0.3 is 11.9 Å². The van der Waals surface area contributed by atoms with E-state index in [1.807, 2.05) is 42.5 Å². The van der Waals surface area contributed by atoms with Gasteiger partial charge in [-0.3, -0.25) is 9.59 Å². The average Bonchev–Trinajstić information content (AvgIpc) is 3.22. The van der Waals surface area contributed by atoms with E-state index < -0.39 is 29.0 Å². The van der Waals surface area contributed by atoms with E-state index >= 15 is 0 Å². The Morgan fingerprint density at radius 3 is 2.39 bits per heavy atom. The lowest BCUT2D eigenvalue weighted by Gasteiger charge is -2.43. The number of carbonyl (C=O) groups is 3. The van der Waals surface area contributed by atoms with Gasteiger partial charge in [-0.25, -0.2) is 4.79 Å². The smallest absolute Gasteiger partial charge is 0.338 e. The van der Waals surface area contributed by atoms with Crippen LogP contribution in [0.4, 0.5) is 0 Å². The van der Waals surface area contributed by atoms with Crippen LogP contribution in [-0.2, 0) is 41.7 Å². The molecule has 8 heteroatoms. The van der Waals surface area contributed by atoms with Crippen LogP contribution in [0.15, 0.2) is 54.6 Å². The quantitative estimate of drug-likeness (QED) is 0.567. The van der Waals surface area contributed by atoms with Crippen LogP contribution in [0.25, 0.3) is 0 Å². The fourth-order valence-corrected chi connectivity index (χ4v) is 4.83. The Balaban J connectivity index is 1.71. The van der Waals surface area contributed by atoms with Crippen molar-refractivity contribution in [3.8, 4) is 5.75 Å². The van der Waals surface area contributed by atoms with E-state index in [1.165, 1.54) is 12.0 Å². The van der Waals surface area contributed by atoms with Crippen molar-refractivity contribution in [2.45, 2.75) is 37.6 Å². The summed E-state index contributed by atoms with van der Waals surface area (Å²) in [4.78, 5) is 40.6. The Hall–Kier alpha value is -3.39. The molecule has 1 amide bonds. The first-order chi connectivity index (χ1) is 15.9. The number of likely N-dealkylation sites (tertiary alicyclic amines) is 1. The molecule has 0 saturated carbocycles. The summed E-state index contributed by atoms with van der Waals surface area (Å²) in [6.07, 6.45) is -0.0914. The highest BCUT2D eigenvalue weighted by Crippen LogP contribution is 2.52. The molecule has 2 aromatic carbocycles. The minimum Gasteiger partial charge on any atom is -0.497 e. The van der Waals surface area contributed by atoms with Crippen LogP contribution in [0.5, 0.6) is 5.75 Å². The van der Waals surface area contributed by atoms with E-state index in [9.17, 15) is 14.4 Å². The molecule has 0 aromatic heterocycles. The van der Waals surface area contributed by atoms with Gasteiger partial charge in [-0.2, -0.15) is 0 Å². The molecular formula is C25H27NO7. The van der Waals surface area contributed by atoms with Crippen LogP contribution in [0.3, 0.4) is 0 Å². The zero-order valence-electron chi connectivity index (χ0n) is 18.9. The van der Waals surface area contributed by atoms with Gasteiger partial charge in [0.25, 0.3) is 0 Å². The molecule has 2 saturated heterocycles. The molecule has 2 aliphatic rings. The monoisotopic (exact) mass is 453 g/mol. The molecular weight excluding hydrogens is 426 g/mol. The first kappa shape index (κ1) is 22.8. The largest absolute Gasteiger partial charge is 0.497 e. The van der Waals surface area contributed by atoms with Crippen molar-refractivity contribution in [2.24, 2.45) is 5.92 Å². The van der Waals surface area contributed by atoms with Crippen molar-refractivity contribution in [3.05, 3.63) is 65.7 Å². The zero-order valence-corrected chi connectivity index (χ0v) is 18.9. The van der Waals surface area contributed by atoms with Gasteiger partial charge in [-0.15, -0.1) is 0 Å². The number of hydrogen-bond acceptors (Lipinski definition) is 7. The van der Waals surface area contributed by atoms with Crippen molar-refractivity contribution in [1.82, 2.24) is 4.90 Å². The van der Waals surface area contributed by atoms with Gasteiger partial charge in [-0.1, -0.05) is 42.5 Å². The maximum absolute atomic E-state index is 13.5. The van der Waals surface area contributed by atoms with Crippen molar-refractivity contribution >= 4 is 17.8 Å². The number of nitrogens with zero attached hydrogens (tertiary/aromatic N) is 1. The number of rotatable bonds is 8. The number of esters is 2. The fraction of sp³-hybridized carbons (Fsp3) is 0.400. The normalized spacial score (nSPS) is 26.2. The van der Waals surface area contributed by atoms with Gasteiger partial charge < -0.3 is 23.8 Å². The van der Waals surface area contributed by atoms with Crippen LogP contribution in [0.2, 0.25) is 0 Å². The second-order valence-corrected chi connectivity index (χ2v) is 8.44. The molecule has 33 heavy (non-hydrogen) atoms. The van der Waals surface area contributed by atoms with E-state index in [1.54, 1.807) is 26.2 Å². The van der Waals surface area contributed by atoms with Crippen molar-refractivity contribution in [1.29, 1.82) is 0 Å². The summed E-state index contributed by atoms with van der Waals surface area (Å²) < 4.78 is 22.1. The number of benzene rings is 2. The number of methoxy groups -OCH3 is 2. The molecule has 4 rings (SSSR count). The molecule has 8 nitrogen and oxygen atoms in total. The number of ether oxygens (including phenoxy) is 4. The molecule has 0 bridgehead atoms. The van der Waals surface area contributed by atoms with Crippen LogP contribution in [0.1, 0.15) is 24.5 Å². The Bertz CT molecular complexity index is 1040. The predicted octanol–water partition coefficient (Wildman–Crippen LogP) is 2.49. The molecule has 2 heterocycles. The summed E-state index contributed by atoms with van der Waals surface area (Å²) in [5, 5.41) is 0. The molecule has 0 aliphatic carbocycles. The van der Waals surface area contributed by atoms with E-state index in [0.717, 1.165) is 11.1 Å². The Kier molecular flexibility index (Phi) is 6.12. The molecule has 2 aliphatic heterocycles. The molecule has 0 N–H and O–H groups in total. The first-order valence-corrected chi connectivity index (χ1v) is 10.7. The highest BCUT2D eigenvalue weighted by atomic mass is 16.6. The summed E-state index contributed by atoms with van der Waals surface area (Å²) in [5.74, 6) is -1.67. The summed E-state index contributed by atoms with van der Waals surface area (Å²) in [7, 11) is 2.83. The number of amides is 1. The maximum Gasteiger partial charge on any atom is 0.338 e. The topological polar surface area (TPSA) is 91.4 Å². The lowest BCUT2D eigenvalue weighted by Crippen LogP contribution is -2.66. The van der Waals surface area contributed by atoms with E-state index in [2.05, 4.69) is 0 Å². The second kappa shape index (κ2) is 8.86. The molecule has 3 atom stereocenters. The van der Waals surface area contributed by atoms with Crippen molar-refractivity contribution in [2.75, 3.05) is 20.8 Å². The third-order valence-corrected chi connectivity index (χ3v) is 6.65. The molecule has 2 fully saturated rings. The minimum absolute atomic E-state index is 0.0914. The maximum atomic E-state index is 13.5. The first-order valence-electron chi connectivity index (χ1n) is 10.7. The number of fused-ring (bicyclic) bond motifs is 1. The highest BCUT2D eigenvalue weighted by molar-refractivity contribution is 6.00. The highest BCUT2D eigenvalue weighted by Gasteiger charge is 2.75. The minimum atomic E-state index is -1.63. The molecule has 2 aromatic rings. The van der Waals surface area contributed by atoms with Crippen molar-refractivity contribution in [3.63, 3.8) is 0 Å². The molecule has 0 radical (unpaired) electrons.